The molecule has 0 unspecified atom stereocenters. The molecule has 0 fully saturated rings. The van der Waals surface area contributed by atoms with Gasteiger partial charge in [-0.3, -0.25) is 0 Å². The first-order valence-electron chi connectivity index (χ1n) is 6.72. The number of fused-ring (bicyclic) bond motifs is 1. The molecule has 0 spiro atoms. The molecule has 0 atom stereocenters. The number of imidazole rings is 1. The van der Waals surface area contributed by atoms with E-state index in [4.69, 9.17) is 10.5 Å². The number of nitrogens with one attached hydrogen (secondary N) is 2. The summed E-state index contributed by atoms with van der Waals surface area (Å²) in [7, 11) is 0. The van der Waals surface area contributed by atoms with Gasteiger partial charge in [0, 0.05) is 21.9 Å². The summed E-state index contributed by atoms with van der Waals surface area (Å²) in [4.78, 5) is 7.84. The predicted octanol–water partition coefficient (Wildman–Crippen LogP) is 4.34. The van der Waals surface area contributed by atoms with Crippen molar-refractivity contribution in [3.8, 4) is 23.5 Å². The number of aromatic amines is 1. The van der Waals surface area contributed by atoms with Crippen molar-refractivity contribution < 1.29 is 0 Å². The van der Waals surface area contributed by atoms with E-state index in [1.165, 1.54) is 6.20 Å². The number of nitriles is 2. The first kappa shape index (κ1) is 14.8. The van der Waals surface area contributed by atoms with Gasteiger partial charge in [0.05, 0.1) is 11.0 Å². The molecule has 23 heavy (non-hydrogen) atoms. The summed E-state index contributed by atoms with van der Waals surface area (Å²) in [6, 6.07) is 17.0. The summed E-state index contributed by atoms with van der Waals surface area (Å²) < 4.78 is 0.998. The first-order valence-corrected chi connectivity index (χ1v) is 7.51. The molecule has 0 saturated carbocycles. The van der Waals surface area contributed by atoms with Crippen molar-refractivity contribution in [3.63, 3.8) is 0 Å². The van der Waals surface area contributed by atoms with Crippen LogP contribution < -0.4 is 5.32 Å². The van der Waals surface area contributed by atoms with Gasteiger partial charge in [0.2, 0.25) is 0 Å². The maximum atomic E-state index is 8.69. The Morgan fingerprint density at radius 2 is 1.87 bits per heavy atom. The molecule has 0 saturated heterocycles. The van der Waals surface area contributed by atoms with Crippen LogP contribution in [0.4, 0.5) is 5.69 Å². The Balaban J connectivity index is 1.85. The van der Waals surface area contributed by atoms with Gasteiger partial charge in [0.25, 0.3) is 0 Å². The minimum Gasteiger partial charge on any atom is -0.360 e. The zero-order valence-electron chi connectivity index (χ0n) is 11.8. The number of H-pyrrole nitrogens is 1. The van der Waals surface area contributed by atoms with Crippen molar-refractivity contribution >= 4 is 32.7 Å². The van der Waals surface area contributed by atoms with Gasteiger partial charge in [-0.2, -0.15) is 10.5 Å². The second kappa shape index (κ2) is 6.35. The number of benzene rings is 2. The van der Waals surface area contributed by atoms with E-state index in [2.05, 4.69) is 31.2 Å². The van der Waals surface area contributed by atoms with Gasteiger partial charge >= 0.3 is 0 Å². The number of aromatic nitrogens is 2. The standard InChI is InChI=1S/C17H10BrN5/c18-13-3-6-15-16(7-13)23-17(22-15)12-1-4-14(5-2-12)21-10-11(8-19)9-20/h1-7,10,21H,(H,22,23). The van der Waals surface area contributed by atoms with Crippen LogP contribution in [0.3, 0.4) is 0 Å². The molecule has 1 aromatic heterocycles. The molecule has 3 rings (SSSR count). The molecular formula is C17H10BrN5. The minimum absolute atomic E-state index is 0.0249. The molecule has 110 valence electrons. The highest BCUT2D eigenvalue weighted by Gasteiger charge is 2.05. The fraction of sp³-hybridized carbons (Fsp3) is 0. The van der Waals surface area contributed by atoms with Crippen molar-refractivity contribution in [2.45, 2.75) is 0 Å². The van der Waals surface area contributed by atoms with Crippen LogP contribution in [0.15, 0.2) is 58.7 Å². The van der Waals surface area contributed by atoms with Crippen LogP contribution in [0.25, 0.3) is 22.4 Å². The zero-order valence-corrected chi connectivity index (χ0v) is 13.4. The van der Waals surface area contributed by atoms with Crippen LogP contribution >= 0.6 is 15.9 Å². The van der Waals surface area contributed by atoms with E-state index in [0.29, 0.717) is 0 Å². The summed E-state index contributed by atoms with van der Waals surface area (Å²) in [5.74, 6) is 0.787. The number of anilines is 1. The SMILES string of the molecule is N#CC(C#N)=CNc1ccc(-c2nc3ccc(Br)cc3[nH]2)cc1. The van der Waals surface area contributed by atoms with Crippen LogP contribution in [0.5, 0.6) is 0 Å². The van der Waals surface area contributed by atoms with Gasteiger partial charge in [-0.1, -0.05) is 15.9 Å². The average molecular weight is 364 g/mol. The van der Waals surface area contributed by atoms with E-state index in [-0.39, 0.29) is 5.57 Å². The lowest BCUT2D eigenvalue weighted by Crippen LogP contribution is -1.90. The molecule has 0 aliphatic rings. The average Bonchev–Trinajstić information content (AvgIpc) is 2.99. The third kappa shape index (κ3) is 3.23. The van der Waals surface area contributed by atoms with Gasteiger partial charge < -0.3 is 10.3 Å². The summed E-state index contributed by atoms with van der Waals surface area (Å²) in [5.41, 5.74) is 3.63. The molecule has 0 radical (unpaired) electrons. The van der Waals surface area contributed by atoms with Crippen LogP contribution in [-0.4, -0.2) is 9.97 Å². The number of nitrogens with zero attached hydrogens (tertiary/aromatic N) is 3. The summed E-state index contributed by atoms with van der Waals surface area (Å²) in [6.45, 7) is 0. The van der Waals surface area contributed by atoms with Crippen molar-refractivity contribution in [2.24, 2.45) is 0 Å². The van der Waals surface area contributed by atoms with Crippen molar-refractivity contribution in [1.82, 2.24) is 9.97 Å². The number of hydrogen-bond donors (Lipinski definition) is 2. The van der Waals surface area contributed by atoms with Gasteiger partial charge in [0.15, 0.2) is 0 Å². The number of hydrogen-bond acceptors (Lipinski definition) is 4. The van der Waals surface area contributed by atoms with E-state index >= 15 is 0 Å². The molecule has 0 aliphatic carbocycles. The Morgan fingerprint density at radius 1 is 1.13 bits per heavy atom. The Bertz CT molecular complexity index is 955. The van der Waals surface area contributed by atoms with Gasteiger partial charge in [0.1, 0.15) is 23.5 Å². The van der Waals surface area contributed by atoms with E-state index in [0.717, 1.165) is 32.6 Å². The minimum atomic E-state index is 0.0249. The highest BCUT2D eigenvalue weighted by molar-refractivity contribution is 9.10. The van der Waals surface area contributed by atoms with Crippen LogP contribution in [0.2, 0.25) is 0 Å². The fourth-order valence-electron chi connectivity index (χ4n) is 2.09. The maximum absolute atomic E-state index is 8.69. The predicted molar refractivity (Wildman–Crippen MR) is 92.2 cm³/mol. The zero-order chi connectivity index (χ0) is 16.2. The highest BCUT2D eigenvalue weighted by Crippen LogP contribution is 2.24. The lowest BCUT2D eigenvalue weighted by Gasteiger charge is -2.02. The Labute approximate surface area is 141 Å². The van der Waals surface area contributed by atoms with E-state index in [9.17, 15) is 0 Å². The molecule has 2 aromatic carbocycles. The topological polar surface area (TPSA) is 88.3 Å². The smallest absolute Gasteiger partial charge is 0.145 e. The van der Waals surface area contributed by atoms with Crippen LogP contribution in [0.1, 0.15) is 0 Å². The van der Waals surface area contributed by atoms with Crippen molar-refractivity contribution in [1.29, 1.82) is 10.5 Å². The van der Waals surface area contributed by atoms with Crippen molar-refractivity contribution in [3.05, 3.63) is 58.7 Å². The molecular weight excluding hydrogens is 354 g/mol. The van der Waals surface area contributed by atoms with E-state index in [1.807, 2.05) is 42.5 Å². The third-order valence-corrected chi connectivity index (χ3v) is 3.72. The van der Waals surface area contributed by atoms with Gasteiger partial charge in [-0.15, -0.1) is 0 Å². The van der Waals surface area contributed by atoms with E-state index in [1.54, 1.807) is 12.1 Å². The third-order valence-electron chi connectivity index (χ3n) is 3.23. The number of halogens is 1. The van der Waals surface area contributed by atoms with Crippen LogP contribution in [-0.2, 0) is 0 Å². The maximum Gasteiger partial charge on any atom is 0.145 e. The molecule has 3 aromatic rings. The fourth-order valence-corrected chi connectivity index (χ4v) is 2.45. The molecule has 6 heteroatoms. The summed E-state index contributed by atoms with van der Waals surface area (Å²) >= 11 is 3.44. The quantitative estimate of drug-likeness (QED) is 0.677. The molecule has 0 aliphatic heterocycles. The van der Waals surface area contributed by atoms with Crippen LogP contribution in [0, 0.1) is 22.7 Å². The Morgan fingerprint density at radius 3 is 2.57 bits per heavy atom. The summed E-state index contributed by atoms with van der Waals surface area (Å²) in [5, 5.41) is 20.3. The largest absolute Gasteiger partial charge is 0.360 e. The highest BCUT2D eigenvalue weighted by atomic mass is 79.9. The monoisotopic (exact) mass is 363 g/mol. The molecule has 2 N–H and O–H groups in total. The molecule has 0 bridgehead atoms. The van der Waals surface area contributed by atoms with E-state index < -0.39 is 0 Å². The normalized spacial score (nSPS) is 9.87. The summed E-state index contributed by atoms with van der Waals surface area (Å²) in [6.07, 6.45) is 1.38. The second-order valence-electron chi connectivity index (χ2n) is 4.75. The second-order valence-corrected chi connectivity index (χ2v) is 5.67. The first-order chi connectivity index (χ1) is 11.2. The number of rotatable bonds is 3. The van der Waals surface area contributed by atoms with Gasteiger partial charge in [-0.25, -0.2) is 4.98 Å². The lowest BCUT2D eigenvalue weighted by atomic mass is 10.2. The van der Waals surface area contributed by atoms with Crippen molar-refractivity contribution in [2.75, 3.05) is 5.32 Å². The van der Waals surface area contributed by atoms with Gasteiger partial charge in [-0.05, 0) is 42.5 Å². The molecule has 5 nitrogen and oxygen atoms in total. The lowest BCUT2D eigenvalue weighted by molar-refractivity contribution is 1.33. The Kier molecular flexibility index (Phi) is 4.09. The Hall–Kier alpha value is -3.09. The molecule has 0 amide bonds. The number of allylic oxidation sites excluding steroid dienone is 1. The molecule has 1 heterocycles.